The zero-order valence-electron chi connectivity index (χ0n) is 17.7. The Bertz CT molecular complexity index is 817. The van der Waals surface area contributed by atoms with Crippen molar-refractivity contribution >= 4 is 28.9 Å². The van der Waals surface area contributed by atoms with Crippen LogP contribution in [0.2, 0.25) is 0 Å². The first kappa shape index (κ1) is 21.5. The van der Waals surface area contributed by atoms with Gasteiger partial charge in [-0.25, -0.2) is 0 Å². The summed E-state index contributed by atoms with van der Waals surface area (Å²) in [6, 6.07) is 13.5. The fourth-order valence-corrected chi connectivity index (χ4v) is 3.07. The fourth-order valence-electron chi connectivity index (χ4n) is 3.07. The number of anilines is 3. The van der Waals surface area contributed by atoms with E-state index in [0.717, 1.165) is 29.9 Å². The second-order valence-corrected chi connectivity index (χ2v) is 7.63. The molecular weight excluding hydrogens is 350 g/mol. The Hall–Kier alpha value is -2.82. The van der Waals surface area contributed by atoms with Crippen LogP contribution in [0.5, 0.6) is 0 Å². The van der Waals surface area contributed by atoms with Crippen molar-refractivity contribution in [3.63, 3.8) is 0 Å². The summed E-state index contributed by atoms with van der Waals surface area (Å²) >= 11 is 0. The molecule has 0 unspecified atom stereocenters. The first-order valence-electron chi connectivity index (χ1n) is 9.73. The molecule has 0 aromatic heterocycles. The van der Waals surface area contributed by atoms with Gasteiger partial charge in [-0.2, -0.15) is 0 Å². The van der Waals surface area contributed by atoms with Gasteiger partial charge in [-0.1, -0.05) is 6.07 Å². The molecule has 0 aliphatic carbocycles. The van der Waals surface area contributed by atoms with Crippen LogP contribution in [0.25, 0.3) is 0 Å². The highest BCUT2D eigenvalue weighted by molar-refractivity contribution is 6.14. The number of carbonyl (C=O) groups is 2. The molecule has 0 saturated heterocycles. The lowest BCUT2D eigenvalue weighted by Gasteiger charge is -2.24. The van der Waals surface area contributed by atoms with Gasteiger partial charge in [0, 0.05) is 30.2 Å². The van der Waals surface area contributed by atoms with Gasteiger partial charge >= 0.3 is 0 Å². The SMILES string of the molecule is CCN(CC)c1ccc(NC(=O)C(C)(C)C(=O)Nc2cc(C)cc(C)c2)cc1. The number of nitrogens with one attached hydrogen (secondary N) is 2. The summed E-state index contributed by atoms with van der Waals surface area (Å²) in [5.41, 5.74) is 3.39. The van der Waals surface area contributed by atoms with Crippen LogP contribution in [0.1, 0.15) is 38.8 Å². The standard InChI is InChI=1S/C23H31N3O2/c1-7-26(8-2)20-11-9-18(10-12-20)24-21(27)23(5,6)22(28)25-19-14-16(3)13-17(4)15-19/h9-15H,7-8H2,1-6H3,(H,24,27)(H,25,28). The molecule has 2 N–H and O–H groups in total. The molecule has 0 bridgehead atoms. The van der Waals surface area contributed by atoms with Crippen molar-refractivity contribution in [1.82, 2.24) is 0 Å². The van der Waals surface area contributed by atoms with Gasteiger partial charge in [0.2, 0.25) is 11.8 Å². The molecule has 2 aromatic rings. The molecule has 0 heterocycles. The monoisotopic (exact) mass is 381 g/mol. The predicted molar refractivity (Wildman–Crippen MR) is 117 cm³/mol. The molecule has 0 spiro atoms. The minimum atomic E-state index is -1.21. The maximum Gasteiger partial charge on any atom is 0.239 e. The molecule has 28 heavy (non-hydrogen) atoms. The van der Waals surface area contributed by atoms with Crippen LogP contribution < -0.4 is 15.5 Å². The topological polar surface area (TPSA) is 61.4 Å². The summed E-state index contributed by atoms with van der Waals surface area (Å²) in [5, 5.41) is 5.72. The third-order valence-corrected chi connectivity index (χ3v) is 4.87. The van der Waals surface area contributed by atoms with Gasteiger partial charge in [0.15, 0.2) is 0 Å². The molecule has 2 aromatic carbocycles. The van der Waals surface area contributed by atoms with E-state index in [1.165, 1.54) is 0 Å². The van der Waals surface area contributed by atoms with Crippen LogP contribution in [-0.4, -0.2) is 24.9 Å². The van der Waals surface area contributed by atoms with Crippen LogP contribution in [0, 0.1) is 19.3 Å². The van der Waals surface area contributed by atoms with E-state index in [1.54, 1.807) is 13.8 Å². The van der Waals surface area contributed by atoms with E-state index in [0.29, 0.717) is 11.4 Å². The highest BCUT2D eigenvalue weighted by Crippen LogP contribution is 2.24. The normalized spacial score (nSPS) is 11.1. The van der Waals surface area contributed by atoms with E-state index in [2.05, 4.69) is 29.4 Å². The first-order valence-corrected chi connectivity index (χ1v) is 9.73. The average molecular weight is 382 g/mol. The Kier molecular flexibility index (Phi) is 6.84. The van der Waals surface area contributed by atoms with Crippen molar-refractivity contribution in [3.8, 4) is 0 Å². The van der Waals surface area contributed by atoms with E-state index in [9.17, 15) is 9.59 Å². The number of benzene rings is 2. The van der Waals surface area contributed by atoms with Crippen LogP contribution in [0.15, 0.2) is 42.5 Å². The zero-order valence-corrected chi connectivity index (χ0v) is 17.7. The molecule has 2 amide bonds. The second kappa shape index (κ2) is 8.91. The highest BCUT2D eigenvalue weighted by Gasteiger charge is 2.36. The quantitative estimate of drug-likeness (QED) is 0.680. The van der Waals surface area contributed by atoms with Gasteiger partial charge in [-0.15, -0.1) is 0 Å². The molecule has 0 fully saturated rings. The van der Waals surface area contributed by atoms with Gasteiger partial charge in [0.25, 0.3) is 0 Å². The number of amides is 2. The third kappa shape index (κ3) is 5.12. The zero-order chi connectivity index (χ0) is 20.9. The van der Waals surface area contributed by atoms with Gasteiger partial charge in [-0.05, 0) is 89.1 Å². The van der Waals surface area contributed by atoms with E-state index in [-0.39, 0.29) is 11.8 Å². The molecule has 5 nitrogen and oxygen atoms in total. The number of aryl methyl sites for hydroxylation is 2. The van der Waals surface area contributed by atoms with E-state index in [4.69, 9.17) is 0 Å². The summed E-state index contributed by atoms with van der Waals surface area (Å²) in [6.45, 7) is 13.3. The molecule has 0 radical (unpaired) electrons. The maximum atomic E-state index is 12.7. The first-order chi connectivity index (χ1) is 13.2. The van der Waals surface area contributed by atoms with Crippen LogP contribution in [-0.2, 0) is 9.59 Å². The van der Waals surface area contributed by atoms with Crippen molar-refractivity contribution in [3.05, 3.63) is 53.6 Å². The number of hydrogen-bond donors (Lipinski definition) is 2. The minimum Gasteiger partial charge on any atom is -0.372 e. The summed E-state index contributed by atoms with van der Waals surface area (Å²) in [5.74, 6) is -0.681. The smallest absolute Gasteiger partial charge is 0.239 e. The van der Waals surface area contributed by atoms with Crippen molar-refractivity contribution in [2.75, 3.05) is 28.6 Å². The third-order valence-electron chi connectivity index (χ3n) is 4.87. The van der Waals surface area contributed by atoms with Gasteiger partial charge in [0.1, 0.15) is 5.41 Å². The lowest BCUT2D eigenvalue weighted by atomic mass is 9.90. The number of hydrogen-bond acceptors (Lipinski definition) is 3. The molecule has 150 valence electrons. The lowest BCUT2D eigenvalue weighted by Crippen LogP contribution is -2.41. The van der Waals surface area contributed by atoms with Crippen LogP contribution >= 0.6 is 0 Å². The average Bonchev–Trinajstić information content (AvgIpc) is 2.63. The number of carbonyl (C=O) groups excluding carboxylic acids is 2. The van der Waals surface area contributed by atoms with E-state index in [1.807, 2.05) is 56.3 Å². The Balaban J connectivity index is 2.08. The highest BCUT2D eigenvalue weighted by atomic mass is 16.2. The fraction of sp³-hybridized carbons (Fsp3) is 0.391. The lowest BCUT2D eigenvalue weighted by molar-refractivity contribution is -0.135. The van der Waals surface area contributed by atoms with Crippen molar-refractivity contribution < 1.29 is 9.59 Å². The molecule has 0 atom stereocenters. The summed E-state index contributed by atoms with van der Waals surface area (Å²) in [6.07, 6.45) is 0. The van der Waals surface area contributed by atoms with E-state index >= 15 is 0 Å². The van der Waals surface area contributed by atoms with Crippen molar-refractivity contribution in [2.24, 2.45) is 5.41 Å². The molecule has 0 aliphatic heterocycles. The van der Waals surface area contributed by atoms with Gasteiger partial charge < -0.3 is 15.5 Å². The largest absolute Gasteiger partial charge is 0.372 e. The predicted octanol–water partition coefficient (Wildman–Crippen LogP) is 4.75. The second-order valence-electron chi connectivity index (χ2n) is 7.63. The maximum absolute atomic E-state index is 12.7. The summed E-state index contributed by atoms with van der Waals surface area (Å²) < 4.78 is 0. The van der Waals surface area contributed by atoms with Crippen molar-refractivity contribution in [2.45, 2.75) is 41.5 Å². The van der Waals surface area contributed by atoms with Crippen molar-refractivity contribution in [1.29, 1.82) is 0 Å². The minimum absolute atomic E-state index is 0.338. The molecule has 2 rings (SSSR count). The summed E-state index contributed by atoms with van der Waals surface area (Å²) in [7, 11) is 0. The van der Waals surface area contributed by atoms with Gasteiger partial charge in [0.05, 0.1) is 0 Å². The Labute approximate surface area is 168 Å². The van der Waals surface area contributed by atoms with Crippen LogP contribution in [0.3, 0.4) is 0 Å². The van der Waals surface area contributed by atoms with E-state index < -0.39 is 5.41 Å². The number of rotatable bonds is 7. The Morgan fingerprint density at radius 3 is 1.75 bits per heavy atom. The van der Waals surface area contributed by atoms with Gasteiger partial charge in [-0.3, -0.25) is 9.59 Å². The molecule has 5 heteroatoms. The Morgan fingerprint density at radius 1 is 0.821 bits per heavy atom. The molecule has 0 aliphatic rings. The van der Waals surface area contributed by atoms with Crippen LogP contribution in [0.4, 0.5) is 17.1 Å². The number of nitrogens with zero attached hydrogens (tertiary/aromatic N) is 1. The molecular formula is C23H31N3O2. The Morgan fingerprint density at radius 2 is 1.29 bits per heavy atom. The summed E-state index contributed by atoms with van der Waals surface area (Å²) in [4.78, 5) is 27.7. The molecule has 0 saturated carbocycles.